The van der Waals surface area contributed by atoms with E-state index in [0.29, 0.717) is 17.4 Å². The molecule has 3 aromatic carbocycles. The van der Waals surface area contributed by atoms with Gasteiger partial charge in [-0.3, -0.25) is 19.3 Å². The largest absolute Gasteiger partial charge is 0.426 e. The average Bonchev–Trinajstić information content (AvgIpc) is 3.10. The Bertz CT molecular complexity index is 1150. The van der Waals surface area contributed by atoms with E-state index in [1.165, 1.54) is 4.90 Å². The molecule has 2 aliphatic rings. The van der Waals surface area contributed by atoms with Crippen LogP contribution in [0.15, 0.2) is 84.9 Å². The fourth-order valence-electron chi connectivity index (χ4n) is 5.24. The molecule has 2 amide bonds. The van der Waals surface area contributed by atoms with Gasteiger partial charge in [-0.15, -0.1) is 0 Å². The molecule has 34 heavy (non-hydrogen) atoms. The Labute approximate surface area is 199 Å². The summed E-state index contributed by atoms with van der Waals surface area (Å²) in [5.41, 5.74) is 2.22. The van der Waals surface area contributed by atoms with Crippen LogP contribution in [0.25, 0.3) is 0 Å². The summed E-state index contributed by atoms with van der Waals surface area (Å²) >= 11 is 0. The highest BCUT2D eigenvalue weighted by Crippen LogP contribution is 2.42. The third kappa shape index (κ3) is 4.14. The van der Waals surface area contributed by atoms with Crippen LogP contribution in [0.3, 0.4) is 0 Å². The molecule has 0 spiro atoms. The number of hydrogen-bond donors (Lipinski definition) is 0. The summed E-state index contributed by atoms with van der Waals surface area (Å²) in [5.74, 6) is -0.769. The van der Waals surface area contributed by atoms with Crippen molar-refractivity contribution >= 4 is 23.5 Å². The first-order valence-electron chi connectivity index (χ1n) is 11.8. The van der Waals surface area contributed by atoms with Gasteiger partial charge in [0.05, 0.1) is 17.5 Å². The number of esters is 1. The Morgan fingerprint density at radius 3 is 1.94 bits per heavy atom. The molecule has 2 fully saturated rings. The molecule has 0 unspecified atom stereocenters. The van der Waals surface area contributed by atoms with Gasteiger partial charge in [-0.2, -0.15) is 0 Å². The van der Waals surface area contributed by atoms with Gasteiger partial charge in [0.25, 0.3) is 0 Å². The number of amides is 2. The minimum Gasteiger partial charge on any atom is -0.426 e. The summed E-state index contributed by atoms with van der Waals surface area (Å²) in [4.78, 5) is 40.5. The molecule has 0 radical (unpaired) electrons. The van der Waals surface area contributed by atoms with Crippen molar-refractivity contribution in [2.75, 3.05) is 4.90 Å². The Balaban J connectivity index is 1.35. The quantitative estimate of drug-likeness (QED) is 0.297. The third-order valence-electron chi connectivity index (χ3n) is 7.00. The lowest BCUT2D eigenvalue weighted by Gasteiger charge is -2.25. The van der Waals surface area contributed by atoms with Crippen molar-refractivity contribution in [2.24, 2.45) is 17.8 Å². The number of rotatable bonds is 5. The van der Waals surface area contributed by atoms with E-state index in [-0.39, 0.29) is 23.7 Å². The van der Waals surface area contributed by atoms with Crippen LogP contribution in [0.2, 0.25) is 0 Å². The van der Waals surface area contributed by atoms with Gasteiger partial charge in [0, 0.05) is 0 Å². The molecule has 3 atom stereocenters. The van der Waals surface area contributed by atoms with Gasteiger partial charge >= 0.3 is 5.97 Å². The topological polar surface area (TPSA) is 63.7 Å². The summed E-state index contributed by atoms with van der Waals surface area (Å²) in [6, 6.07) is 25.7. The summed E-state index contributed by atoms with van der Waals surface area (Å²) in [7, 11) is 0. The van der Waals surface area contributed by atoms with Crippen LogP contribution in [0.1, 0.15) is 43.2 Å². The zero-order chi connectivity index (χ0) is 23.7. The van der Waals surface area contributed by atoms with Crippen LogP contribution in [0.5, 0.6) is 5.75 Å². The maximum Gasteiger partial charge on any atom is 0.323 e. The molecule has 0 bridgehead atoms. The Hall–Kier alpha value is -3.73. The van der Waals surface area contributed by atoms with Gasteiger partial charge in [0.2, 0.25) is 11.8 Å². The number of benzene rings is 3. The molecular weight excluding hydrogens is 426 g/mol. The number of carbonyl (C=O) groups excluding carboxylic acids is 3. The van der Waals surface area contributed by atoms with Crippen LogP contribution in [-0.2, 0) is 14.4 Å². The van der Waals surface area contributed by atoms with Crippen molar-refractivity contribution in [1.82, 2.24) is 0 Å². The Morgan fingerprint density at radius 1 is 0.794 bits per heavy atom. The zero-order valence-electron chi connectivity index (χ0n) is 19.1. The lowest BCUT2D eigenvalue weighted by atomic mass is 9.76. The number of carbonyl (C=O) groups is 3. The van der Waals surface area contributed by atoms with E-state index in [1.807, 2.05) is 60.7 Å². The van der Waals surface area contributed by atoms with E-state index in [1.54, 1.807) is 24.3 Å². The van der Waals surface area contributed by atoms with Gasteiger partial charge in [0.15, 0.2) is 0 Å². The molecular formula is C29H27NO4. The minimum atomic E-state index is -0.561. The molecule has 1 saturated heterocycles. The number of hydrogen-bond acceptors (Lipinski definition) is 4. The van der Waals surface area contributed by atoms with Gasteiger partial charge < -0.3 is 4.74 Å². The highest BCUT2D eigenvalue weighted by Gasteiger charge is 2.49. The maximum absolute atomic E-state index is 13.2. The molecule has 1 heterocycles. The van der Waals surface area contributed by atoms with Crippen molar-refractivity contribution in [3.63, 3.8) is 0 Å². The van der Waals surface area contributed by atoms with Gasteiger partial charge in [-0.05, 0) is 60.6 Å². The average molecular weight is 454 g/mol. The standard InChI is InChI=1S/C29H27NO4/c1-19-12-17-24-25(18-19)28(32)30(27(24)31)22-13-15-23(16-14-22)34-29(33)26(20-8-4-2-5-9-20)21-10-6-3-7-11-21/h2-11,13-16,19,24-26H,12,17-18H2,1H3/t19-,24+,25+/m1/s1. The number of fused-ring (bicyclic) bond motifs is 1. The Morgan fingerprint density at radius 2 is 1.35 bits per heavy atom. The maximum atomic E-state index is 13.2. The minimum absolute atomic E-state index is 0.111. The highest BCUT2D eigenvalue weighted by molar-refractivity contribution is 6.22. The van der Waals surface area contributed by atoms with E-state index in [4.69, 9.17) is 4.74 Å². The lowest BCUT2D eigenvalue weighted by Crippen LogP contribution is -2.30. The first kappa shape index (κ1) is 22.1. The van der Waals surface area contributed by atoms with Crippen molar-refractivity contribution in [1.29, 1.82) is 0 Å². The first-order valence-corrected chi connectivity index (χ1v) is 11.8. The van der Waals surface area contributed by atoms with Crippen LogP contribution in [-0.4, -0.2) is 17.8 Å². The van der Waals surface area contributed by atoms with Gasteiger partial charge in [-0.1, -0.05) is 67.6 Å². The van der Waals surface area contributed by atoms with Crippen LogP contribution in [0, 0.1) is 17.8 Å². The lowest BCUT2D eigenvalue weighted by molar-refractivity contribution is -0.135. The number of anilines is 1. The number of nitrogens with zero attached hydrogens (tertiary/aromatic N) is 1. The summed E-state index contributed by atoms with van der Waals surface area (Å²) in [6.45, 7) is 2.14. The Kier molecular flexibility index (Phi) is 6.01. The second kappa shape index (κ2) is 9.26. The third-order valence-corrected chi connectivity index (χ3v) is 7.00. The molecule has 172 valence electrons. The number of ether oxygens (including phenoxy) is 1. The van der Waals surface area contributed by atoms with Crippen molar-refractivity contribution < 1.29 is 19.1 Å². The van der Waals surface area contributed by atoms with Crippen molar-refractivity contribution in [3.8, 4) is 5.75 Å². The fraction of sp³-hybridized carbons (Fsp3) is 0.276. The summed E-state index contributed by atoms with van der Waals surface area (Å²) in [5, 5.41) is 0. The molecule has 5 heteroatoms. The predicted molar refractivity (Wildman–Crippen MR) is 129 cm³/mol. The first-order chi connectivity index (χ1) is 16.5. The van der Waals surface area contributed by atoms with Crippen molar-refractivity contribution in [3.05, 3.63) is 96.1 Å². The van der Waals surface area contributed by atoms with Gasteiger partial charge in [-0.25, -0.2) is 0 Å². The summed E-state index contributed by atoms with van der Waals surface area (Å²) in [6.07, 6.45) is 2.51. The monoisotopic (exact) mass is 453 g/mol. The molecule has 5 nitrogen and oxygen atoms in total. The fourth-order valence-corrected chi connectivity index (χ4v) is 5.24. The second-order valence-corrected chi connectivity index (χ2v) is 9.31. The van der Waals surface area contributed by atoms with E-state index in [0.717, 1.165) is 30.4 Å². The normalized spacial score (nSPS) is 22.1. The zero-order valence-corrected chi connectivity index (χ0v) is 19.1. The van der Waals surface area contributed by atoms with Gasteiger partial charge in [0.1, 0.15) is 11.7 Å². The molecule has 0 aromatic heterocycles. The number of imide groups is 1. The van der Waals surface area contributed by atoms with Crippen LogP contribution in [0.4, 0.5) is 5.69 Å². The van der Waals surface area contributed by atoms with E-state index in [2.05, 4.69) is 6.92 Å². The second-order valence-electron chi connectivity index (χ2n) is 9.31. The molecule has 1 saturated carbocycles. The summed E-state index contributed by atoms with van der Waals surface area (Å²) < 4.78 is 5.74. The molecule has 3 aromatic rings. The van der Waals surface area contributed by atoms with E-state index < -0.39 is 11.9 Å². The highest BCUT2D eigenvalue weighted by atomic mass is 16.5. The van der Waals surface area contributed by atoms with Crippen LogP contribution >= 0.6 is 0 Å². The molecule has 0 N–H and O–H groups in total. The smallest absolute Gasteiger partial charge is 0.323 e. The predicted octanol–water partition coefficient (Wildman–Crippen LogP) is 5.35. The molecule has 1 aliphatic heterocycles. The van der Waals surface area contributed by atoms with E-state index in [9.17, 15) is 14.4 Å². The SMILES string of the molecule is C[C@@H]1CC[C@@H]2C(=O)N(c3ccc(OC(=O)C(c4ccccc4)c4ccccc4)cc3)C(=O)[C@H]2C1. The van der Waals surface area contributed by atoms with E-state index >= 15 is 0 Å². The van der Waals surface area contributed by atoms with Crippen molar-refractivity contribution in [2.45, 2.75) is 32.1 Å². The molecule has 1 aliphatic carbocycles. The molecule has 5 rings (SSSR count). The van der Waals surface area contributed by atoms with Crippen LogP contribution < -0.4 is 9.64 Å².